The topological polar surface area (TPSA) is 205 Å². The maximum Gasteiger partial charge on any atom is 0.187 e. The summed E-state index contributed by atoms with van der Waals surface area (Å²) in [5.41, 5.74) is 5.33. The van der Waals surface area contributed by atoms with Gasteiger partial charge in [-0.25, -0.2) is 0 Å². The van der Waals surface area contributed by atoms with E-state index in [0.717, 1.165) is 0 Å². The molecule has 12 heteroatoms. The highest BCUT2D eigenvalue weighted by atomic mass is 16.7. The van der Waals surface area contributed by atoms with Crippen molar-refractivity contribution in [2.45, 2.75) is 61.4 Å². The fourth-order valence-corrected chi connectivity index (χ4v) is 2.87. The Kier molecular flexibility index (Phi) is 8.08. The third kappa shape index (κ3) is 4.49. The summed E-state index contributed by atoms with van der Waals surface area (Å²) < 4.78 is 21.1. The van der Waals surface area contributed by atoms with Crippen molar-refractivity contribution in [2.24, 2.45) is 5.73 Å². The normalized spacial score (nSPS) is 47.1. The second-order valence-corrected chi connectivity index (χ2v) is 6.16. The third-order valence-corrected chi connectivity index (χ3v) is 4.36. The highest BCUT2D eigenvalue weighted by Crippen LogP contribution is 2.29. The van der Waals surface area contributed by atoms with E-state index >= 15 is 0 Å². The van der Waals surface area contributed by atoms with E-state index < -0.39 is 74.6 Å². The largest absolute Gasteiger partial charge is 0.394 e. The van der Waals surface area contributed by atoms with Crippen LogP contribution in [0.4, 0.5) is 0 Å². The minimum absolute atomic E-state index is 0.0305. The maximum atomic E-state index is 10.3. The molecule has 0 amide bonds. The molecule has 2 aliphatic heterocycles. The predicted octanol–water partition coefficient (Wildman–Crippen LogP) is -5.41. The Morgan fingerprint density at radius 3 is 1.88 bits per heavy atom. The highest BCUT2D eigenvalue weighted by molar-refractivity contribution is 4.94. The van der Waals surface area contributed by atoms with E-state index in [-0.39, 0.29) is 13.2 Å². The molecule has 26 heavy (non-hydrogen) atoms. The lowest BCUT2D eigenvalue weighted by Crippen LogP contribution is -2.64. The van der Waals surface area contributed by atoms with Crippen LogP contribution in [0.2, 0.25) is 0 Å². The van der Waals surface area contributed by atoms with Gasteiger partial charge in [0.05, 0.1) is 19.8 Å². The van der Waals surface area contributed by atoms with Crippen molar-refractivity contribution in [3.05, 3.63) is 0 Å². The first-order valence-electron chi connectivity index (χ1n) is 8.25. The summed E-state index contributed by atoms with van der Waals surface area (Å²) in [7, 11) is 0. The molecule has 0 aromatic rings. The first kappa shape index (κ1) is 21.8. The second-order valence-electron chi connectivity index (χ2n) is 6.16. The average Bonchev–Trinajstić information content (AvgIpc) is 2.64. The Labute approximate surface area is 149 Å². The van der Waals surface area contributed by atoms with Gasteiger partial charge >= 0.3 is 0 Å². The number of ether oxygens (including phenoxy) is 4. The van der Waals surface area contributed by atoms with E-state index in [1.54, 1.807) is 0 Å². The van der Waals surface area contributed by atoms with Gasteiger partial charge in [-0.1, -0.05) is 0 Å². The van der Waals surface area contributed by atoms with Crippen LogP contribution in [0.15, 0.2) is 0 Å². The van der Waals surface area contributed by atoms with Crippen LogP contribution >= 0.6 is 0 Å². The first-order chi connectivity index (χ1) is 12.3. The Bertz CT molecular complexity index is 428. The van der Waals surface area contributed by atoms with Crippen molar-refractivity contribution in [1.82, 2.24) is 0 Å². The predicted molar refractivity (Wildman–Crippen MR) is 81.4 cm³/mol. The summed E-state index contributed by atoms with van der Waals surface area (Å²) in [5.74, 6) is 0. The highest BCUT2D eigenvalue weighted by Gasteiger charge is 2.50. The Hall–Kier alpha value is -0.480. The number of aliphatic hydroxyl groups is 7. The van der Waals surface area contributed by atoms with Gasteiger partial charge in [-0.3, -0.25) is 0 Å². The third-order valence-electron chi connectivity index (χ3n) is 4.36. The average molecular weight is 385 g/mol. The Morgan fingerprint density at radius 1 is 0.731 bits per heavy atom. The van der Waals surface area contributed by atoms with Crippen LogP contribution in [-0.4, -0.2) is 124 Å². The summed E-state index contributed by atoms with van der Waals surface area (Å²) in [6.07, 6.45) is -14.7. The zero-order valence-corrected chi connectivity index (χ0v) is 13.9. The maximum absolute atomic E-state index is 10.3. The van der Waals surface area contributed by atoms with Gasteiger partial charge in [-0.15, -0.1) is 0 Å². The van der Waals surface area contributed by atoms with E-state index in [2.05, 4.69) is 0 Å². The van der Waals surface area contributed by atoms with Gasteiger partial charge in [-0.05, 0) is 0 Å². The fraction of sp³-hybridized carbons (Fsp3) is 1.00. The summed E-state index contributed by atoms with van der Waals surface area (Å²) in [5, 5.41) is 68.7. The number of hydrogen-bond donors (Lipinski definition) is 8. The molecular formula is C14H27NO11. The zero-order valence-electron chi connectivity index (χ0n) is 13.9. The molecule has 2 aliphatic rings. The van der Waals surface area contributed by atoms with Crippen LogP contribution in [0.25, 0.3) is 0 Å². The molecule has 154 valence electrons. The molecule has 0 aliphatic carbocycles. The molecule has 0 saturated carbocycles. The SMILES string of the molecule is NCCO[C@H]1O[C@H](CO)[C@@H](O)[C@H](O[C@H]2O[C@H](CO)[C@@H](O)[C@H](O)[C@@H]2O)[C@@H]1O. The zero-order chi connectivity index (χ0) is 19.4. The van der Waals surface area contributed by atoms with Crippen LogP contribution < -0.4 is 5.73 Å². The van der Waals surface area contributed by atoms with E-state index in [1.165, 1.54) is 0 Å². The molecule has 0 aromatic carbocycles. The molecule has 0 bridgehead atoms. The summed E-state index contributed by atoms with van der Waals surface area (Å²) in [6.45, 7) is -1.10. The fourth-order valence-electron chi connectivity index (χ4n) is 2.87. The molecule has 2 rings (SSSR count). The van der Waals surface area contributed by atoms with E-state index in [4.69, 9.17) is 24.7 Å². The monoisotopic (exact) mass is 385 g/mol. The lowest BCUT2D eigenvalue weighted by Gasteiger charge is -2.45. The molecule has 0 aromatic heterocycles. The Morgan fingerprint density at radius 2 is 1.31 bits per heavy atom. The summed E-state index contributed by atoms with van der Waals surface area (Å²) in [4.78, 5) is 0. The van der Waals surface area contributed by atoms with Crippen molar-refractivity contribution in [2.75, 3.05) is 26.4 Å². The van der Waals surface area contributed by atoms with Gasteiger partial charge in [-0.2, -0.15) is 0 Å². The standard InChI is InChI=1S/C14H27NO11/c15-1-2-23-13-11(22)12(8(19)6(4-17)24-13)26-14-10(21)9(20)7(18)5(3-16)25-14/h5-14,16-22H,1-4,15H2/t5-,6-,7-,8-,9+,10+,11+,12+,13+,14-/m1/s1. The number of aliphatic hydroxyl groups excluding tert-OH is 7. The minimum Gasteiger partial charge on any atom is -0.394 e. The van der Waals surface area contributed by atoms with Gasteiger partial charge in [0.2, 0.25) is 0 Å². The van der Waals surface area contributed by atoms with Gasteiger partial charge < -0.3 is 60.4 Å². The summed E-state index contributed by atoms with van der Waals surface area (Å²) >= 11 is 0. The molecule has 2 heterocycles. The van der Waals surface area contributed by atoms with Gasteiger partial charge in [0.25, 0.3) is 0 Å². The van der Waals surface area contributed by atoms with E-state index in [0.29, 0.717) is 0 Å². The molecule has 12 nitrogen and oxygen atoms in total. The number of rotatable bonds is 7. The van der Waals surface area contributed by atoms with Crippen molar-refractivity contribution in [3.63, 3.8) is 0 Å². The van der Waals surface area contributed by atoms with Crippen LogP contribution in [-0.2, 0) is 18.9 Å². The Balaban J connectivity index is 2.13. The first-order valence-corrected chi connectivity index (χ1v) is 8.25. The number of hydrogen-bond acceptors (Lipinski definition) is 12. The van der Waals surface area contributed by atoms with Crippen LogP contribution in [0.1, 0.15) is 0 Å². The van der Waals surface area contributed by atoms with Crippen molar-refractivity contribution >= 4 is 0 Å². The van der Waals surface area contributed by atoms with E-state index in [1.807, 2.05) is 0 Å². The van der Waals surface area contributed by atoms with Gasteiger partial charge in [0, 0.05) is 6.54 Å². The molecule has 10 atom stereocenters. The van der Waals surface area contributed by atoms with Crippen molar-refractivity contribution < 1.29 is 54.7 Å². The molecule has 0 unspecified atom stereocenters. The quantitative estimate of drug-likeness (QED) is 0.207. The number of nitrogens with two attached hydrogens (primary N) is 1. The molecule has 2 fully saturated rings. The molecule has 0 radical (unpaired) electrons. The molecule has 2 saturated heterocycles. The van der Waals surface area contributed by atoms with Gasteiger partial charge in [0.1, 0.15) is 48.8 Å². The smallest absolute Gasteiger partial charge is 0.187 e. The van der Waals surface area contributed by atoms with Crippen LogP contribution in [0.5, 0.6) is 0 Å². The van der Waals surface area contributed by atoms with Crippen LogP contribution in [0, 0.1) is 0 Å². The van der Waals surface area contributed by atoms with Crippen LogP contribution in [0.3, 0.4) is 0 Å². The summed E-state index contributed by atoms with van der Waals surface area (Å²) in [6, 6.07) is 0. The molecule has 0 spiro atoms. The van der Waals surface area contributed by atoms with Crippen molar-refractivity contribution in [3.8, 4) is 0 Å². The second kappa shape index (κ2) is 9.64. The lowest BCUT2D eigenvalue weighted by atomic mass is 9.97. The molecular weight excluding hydrogens is 358 g/mol. The lowest BCUT2D eigenvalue weighted by molar-refractivity contribution is -0.359. The van der Waals surface area contributed by atoms with E-state index in [9.17, 15) is 35.7 Å². The molecule has 9 N–H and O–H groups in total. The van der Waals surface area contributed by atoms with Gasteiger partial charge in [0.15, 0.2) is 12.6 Å². The van der Waals surface area contributed by atoms with Crippen molar-refractivity contribution in [1.29, 1.82) is 0 Å². The minimum atomic E-state index is -1.72.